The van der Waals surface area contributed by atoms with Crippen molar-refractivity contribution in [2.24, 2.45) is 0 Å². The summed E-state index contributed by atoms with van der Waals surface area (Å²) >= 11 is 0. The van der Waals surface area contributed by atoms with Crippen LogP contribution < -0.4 is 5.32 Å². The van der Waals surface area contributed by atoms with Gasteiger partial charge in [-0.3, -0.25) is 4.79 Å². The van der Waals surface area contributed by atoms with Gasteiger partial charge in [-0.1, -0.05) is 24.3 Å². The molecule has 0 saturated heterocycles. The Labute approximate surface area is 116 Å². The van der Waals surface area contributed by atoms with Crippen LogP contribution in [0.2, 0.25) is 0 Å². The van der Waals surface area contributed by atoms with E-state index in [0.29, 0.717) is 19.4 Å². The summed E-state index contributed by atoms with van der Waals surface area (Å²) in [6, 6.07) is 7.92. The Morgan fingerprint density at radius 3 is 2.80 bits per heavy atom. The van der Waals surface area contributed by atoms with Crippen LogP contribution in [0.15, 0.2) is 24.3 Å². The Bertz CT molecular complexity index is 551. The topological polar surface area (TPSA) is 75.6 Å². The van der Waals surface area contributed by atoms with Crippen molar-refractivity contribution < 1.29 is 19.4 Å². The van der Waals surface area contributed by atoms with Gasteiger partial charge in [0.25, 0.3) is 0 Å². The first kappa shape index (κ1) is 13.1. The Balaban J connectivity index is 1.67. The van der Waals surface area contributed by atoms with E-state index in [1.807, 2.05) is 24.3 Å². The van der Waals surface area contributed by atoms with Gasteiger partial charge in [-0.25, -0.2) is 4.79 Å². The zero-order chi connectivity index (χ0) is 14.2. The van der Waals surface area contributed by atoms with Gasteiger partial charge >= 0.3 is 5.97 Å². The number of carboxylic acid groups (broad SMARTS) is 1. The minimum absolute atomic E-state index is 0.173. The van der Waals surface area contributed by atoms with Gasteiger partial charge in [0, 0.05) is 0 Å². The number of ether oxygens (including phenoxy) is 1. The molecule has 3 rings (SSSR count). The number of aliphatic carboxylic acids is 1. The first-order valence-corrected chi connectivity index (χ1v) is 6.84. The summed E-state index contributed by atoms with van der Waals surface area (Å²) in [4.78, 5) is 23.1. The van der Waals surface area contributed by atoms with Crippen LogP contribution in [-0.2, 0) is 20.7 Å². The number of amides is 1. The quantitative estimate of drug-likeness (QED) is 0.871. The Morgan fingerprint density at radius 2 is 2.10 bits per heavy atom. The zero-order valence-electron chi connectivity index (χ0n) is 11.1. The fourth-order valence-corrected chi connectivity index (χ4v) is 2.65. The van der Waals surface area contributed by atoms with Gasteiger partial charge in [0.1, 0.15) is 5.54 Å². The molecule has 2 N–H and O–H groups in total. The summed E-state index contributed by atoms with van der Waals surface area (Å²) < 4.78 is 5.66. The number of fused-ring (bicyclic) bond motifs is 1. The van der Waals surface area contributed by atoms with E-state index in [0.717, 1.165) is 12.0 Å². The highest BCUT2D eigenvalue weighted by Gasteiger charge is 2.51. The molecule has 1 amide bonds. The van der Waals surface area contributed by atoms with Crippen molar-refractivity contribution in [3.05, 3.63) is 35.4 Å². The molecule has 1 unspecified atom stereocenters. The normalized spacial score (nSPS) is 22.7. The molecule has 5 heteroatoms. The fraction of sp³-hybridized carbons (Fsp3) is 0.467. The molecule has 1 saturated carbocycles. The van der Waals surface area contributed by atoms with E-state index < -0.39 is 11.5 Å². The zero-order valence-corrected chi connectivity index (χ0v) is 11.1. The number of carboxylic acids is 1. The standard InChI is InChI=1S/C15H17NO4/c17-13(16-15(6-7-15)14(18)19)9-12-11-4-2-1-3-10(11)5-8-20-12/h1-4,12H,5-9H2,(H,16,17)(H,18,19). The largest absolute Gasteiger partial charge is 0.480 e. The van der Waals surface area contributed by atoms with Crippen molar-refractivity contribution in [1.29, 1.82) is 0 Å². The molecule has 0 bridgehead atoms. The number of carbonyl (C=O) groups is 2. The Morgan fingerprint density at radius 1 is 1.35 bits per heavy atom. The maximum absolute atomic E-state index is 12.0. The summed E-state index contributed by atoms with van der Waals surface area (Å²) in [6.07, 6.45) is 1.77. The molecule has 1 aromatic rings. The van der Waals surface area contributed by atoms with Crippen LogP contribution in [0.3, 0.4) is 0 Å². The third kappa shape index (κ3) is 2.41. The van der Waals surface area contributed by atoms with Crippen molar-refractivity contribution in [2.75, 3.05) is 6.61 Å². The molecule has 0 radical (unpaired) electrons. The second kappa shape index (κ2) is 4.90. The molecule has 2 aliphatic rings. The third-order valence-corrected chi connectivity index (χ3v) is 4.00. The predicted octanol–water partition coefficient (Wildman–Crippen LogP) is 1.42. The summed E-state index contributed by atoms with van der Waals surface area (Å²) in [5.74, 6) is -1.21. The van der Waals surface area contributed by atoms with E-state index >= 15 is 0 Å². The van der Waals surface area contributed by atoms with E-state index in [1.165, 1.54) is 5.56 Å². The number of nitrogens with one attached hydrogen (secondary N) is 1. The SMILES string of the molecule is O=C(CC1OCCc2ccccc21)NC1(C(=O)O)CC1. The minimum Gasteiger partial charge on any atom is -0.480 e. The van der Waals surface area contributed by atoms with E-state index in [4.69, 9.17) is 9.84 Å². The van der Waals surface area contributed by atoms with Gasteiger partial charge in [0.15, 0.2) is 0 Å². The summed E-state index contributed by atoms with van der Waals surface area (Å²) in [5.41, 5.74) is 1.22. The van der Waals surface area contributed by atoms with Crippen molar-refractivity contribution in [1.82, 2.24) is 5.32 Å². The molecule has 1 aliphatic carbocycles. The molecule has 106 valence electrons. The lowest BCUT2D eigenvalue weighted by atomic mass is 9.95. The van der Waals surface area contributed by atoms with Gasteiger partial charge < -0.3 is 15.2 Å². The summed E-state index contributed by atoms with van der Waals surface area (Å²) in [7, 11) is 0. The van der Waals surface area contributed by atoms with Crippen LogP contribution in [-0.4, -0.2) is 29.1 Å². The number of rotatable bonds is 4. The van der Waals surface area contributed by atoms with E-state index in [9.17, 15) is 9.59 Å². The fourth-order valence-electron chi connectivity index (χ4n) is 2.65. The summed E-state index contributed by atoms with van der Waals surface area (Å²) in [6.45, 7) is 0.596. The second-order valence-electron chi connectivity index (χ2n) is 5.45. The molecule has 1 aliphatic heterocycles. The van der Waals surface area contributed by atoms with Crippen molar-refractivity contribution in [3.8, 4) is 0 Å². The highest BCUT2D eigenvalue weighted by atomic mass is 16.5. The number of benzene rings is 1. The first-order valence-electron chi connectivity index (χ1n) is 6.84. The lowest BCUT2D eigenvalue weighted by Gasteiger charge is -2.26. The highest BCUT2D eigenvalue weighted by Crippen LogP contribution is 2.36. The van der Waals surface area contributed by atoms with Gasteiger partial charge in [-0.15, -0.1) is 0 Å². The van der Waals surface area contributed by atoms with Crippen LogP contribution in [0.4, 0.5) is 0 Å². The second-order valence-corrected chi connectivity index (χ2v) is 5.45. The van der Waals surface area contributed by atoms with E-state index in [-0.39, 0.29) is 18.4 Å². The van der Waals surface area contributed by atoms with E-state index in [2.05, 4.69) is 5.32 Å². The highest BCUT2D eigenvalue weighted by molar-refractivity contribution is 5.89. The van der Waals surface area contributed by atoms with Crippen molar-refractivity contribution >= 4 is 11.9 Å². The lowest BCUT2D eigenvalue weighted by Crippen LogP contribution is -2.43. The molecule has 5 nitrogen and oxygen atoms in total. The van der Waals surface area contributed by atoms with Crippen molar-refractivity contribution in [2.45, 2.75) is 37.3 Å². The van der Waals surface area contributed by atoms with Gasteiger partial charge in [0.05, 0.1) is 19.1 Å². The molecule has 1 aromatic carbocycles. The number of hydrogen-bond acceptors (Lipinski definition) is 3. The number of hydrogen-bond donors (Lipinski definition) is 2. The van der Waals surface area contributed by atoms with Gasteiger partial charge in [0.2, 0.25) is 5.91 Å². The van der Waals surface area contributed by atoms with Crippen LogP contribution in [0, 0.1) is 0 Å². The molecule has 0 aromatic heterocycles. The Hall–Kier alpha value is -1.88. The smallest absolute Gasteiger partial charge is 0.329 e. The van der Waals surface area contributed by atoms with Gasteiger partial charge in [-0.2, -0.15) is 0 Å². The first-order chi connectivity index (χ1) is 9.61. The van der Waals surface area contributed by atoms with Crippen LogP contribution in [0.5, 0.6) is 0 Å². The summed E-state index contributed by atoms with van der Waals surface area (Å²) in [5, 5.41) is 11.7. The molecule has 0 spiro atoms. The third-order valence-electron chi connectivity index (χ3n) is 4.00. The predicted molar refractivity (Wildman–Crippen MR) is 71.2 cm³/mol. The van der Waals surface area contributed by atoms with Crippen LogP contribution in [0.1, 0.15) is 36.5 Å². The molecule has 1 fully saturated rings. The van der Waals surface area contributed by atoms with Crippen molar-refractivity contribution in [3.63, 3.8) is 0 Å². The molecule has 20 heavy (non-hydrogen) atoms. The molecule has 1 heterocycles. The lowest BCUT2D eigenvalue weighted by molar-refractivity contribution is -0.143. The minimum atomic E-state index is -1.02. The van der Waals surface area contributed by atoms with Crippen LogP contribution in [0.25, 0.3) is 0 Å². The van der Waals surface area contributed by atoms with Crippen LogP contribution >= 0.6 is 0 Å². The number of carbonyl (C=O) groups excluding carboxylic acids is 1. The average molecular weight is 275 g/mol. The van der Waals surface area contributed by atoms with Gasteiger partial charge in [-0.05, 0) is 30.4 Å². The average Bonchev–Trinajstić information content (AvgIpc) is 3.20. The molecule has 1 atom stereocenters. The van der Waals surface area contributed by atoms with E-state index in [1.54, 1.807) is 0 Å². The monoisotopic (exact) mass is 275 g/mol. The maximum Gasteiger partial charge on any atom is 0.329 e. The molecular formula is C15H17NO4. The maximum atomic E-state index is 12.0. The molecular weight excluding hydrogens is 258 g/mol. The Kier molecular flexibility index (Phi) is 3.22.